The van der Waals surface area contributed by atoms with Gasteiger partial charge in [-0.1, -0.05) is 0 Å². The highest BCUT2D eigenvalue weighted by Gasteiger charge is 2.29. The minimum absolute atomic E-state index is 0.275. The van der Waals surface area contributed by atoms with Crippen LogP contribution in [0.5, 0.6) is 0 Å². The lowest BCUT2D eigenvalue weighted by Crippen LogP contribution is -2.41. The number of hydrogen-bond acceptors (Lipinski definition) is 5. The van der Waals surface area contributed by atoms with E-state index in [4.69, 9.17) is 4.74 Å². The van der Waals surface area contributed by atoms with Crippen molar-refractivity contribution in [2.45, 2.75) is 24.9 Å². The number of rotatable bonds is 4. The first kappa shape index (κ1) is 12.9. The van der Waals surface area contributed by atoms with E-state index in [-0.39, 0.29) is 11.6 Å². The predicted molar refractivity (Wildman–Crippen MR) is 64.0 cm³/mol. The van der Waals surface area contributed by atoms with Crippen LogP contribution in [0, 0.1) is 0 Å². The Morgan fingerprint density at radius 1 is 1.61 bits per heavy atom. The molecule has 0 bridgehead atoms. The molecule has 1 aliphatic heterocycles. The zero-order chi connectivity index (χ0) is 12.8. The van der Waals surface area contributed by atoms with Crippen LogP contribution in [-0.4, -0.2) is 46.6 Å². The van der Waals surface area contributed by atoms with Gasteiger partial charge >= 0.3 is 0 Å². The van der Waals surface area contributed by atoms with Crippen molar-refractivity contribution in [2.75, 3.05) is 19.8 Å². The van der Waals surface area contributed by atoms with Crippen molar-refractivity contribution in [3.8, 4) is 0 Å². The van der Waals surface area contributed by atoms with Gasteiger partial charge in [0.2, 0.25) is 0 Å². The molecule has 6 nitrogen and oxygen atoms in total. The Kier molecular flexibility index (Phi) is 4.22. The Hall–Kier alpha value is -1.53. The molecule has 98 valence electrons. The fourth-order valence-electron chi connectivity index (χ4n) is 1.96. The lowest BCUT2D eigenvalue weighted by atomic mass is 9.93. The maximum atomic E-state index is 11.7. The lowest BCUT2D eigenvalue weighted by Gasteiger charge is -2.31. The van der Waals surface area contributed by atoms with Crippen molar-refractivity contribution in [1.82, 2.24) is 15.5 Å². The number of nitrogens with zero attached hydrogens (tertiary/aromatic N) is 2. The number of amides is 1. The van der Waals surface area contributed by atoms with Gasteiger partial charge in [0.25, 0.3) is 5.91 Å². The lowest BCUT2D eigenvalue weighted by molar-refractivity contribution is -0.0887. The molecule has 1 unspecified atom stereocenters. The molecular formula is C12H17N3O3. The highest BCUT2D eigenvalue weighted by atomic mass is 16.5. The fraction of sp³-hybridized carbons (Fsp3) is 0.583. The Balaban J connectivity index is 1.77. The van der Waals surface area contributed by atoms with Crippen LogP contribution >= 0.6 is 0 Å². The number of carbonyl (C=O) groups is 1. The van der Waals surface area contributed by atoms with E-state index in [2.05, 4.69) is 15.5 Å². The molecule has 2 heterocycles. The van der Waals surface area contributed by atoms with Crippen LogP contribution in [0.3, 0.4) is 0 Å². The Morgan fingerprint density at radius 2 is 2.50 bits per heavy atom. The van der Waals surface area contributed by atoms with Crippen LogP contribution in [0.2, 0.25) is 0 Å². The maximum absolute atomic E-state index is 11.7. The number of hydrogen-bond donors (Lipinski definition) is 2. The fourth-order valence-corrected chi connectivity index (χ4v) is 1.96. The van der Waals surface area contributed by atoms with Crippen molar-refractivity contribution in [1.29, 1.82) is 0 Å². The van der Waals surface area contributed by atoms with E-state index in [0.29, 0.717) is 32.6 Å². The molecule has 0 spiro atoms. The third kappa shape index (κ3) is 3.48. The van der Waals surface area contributed by atoms with Gasteiger partial charge in [-0.2, -0.15) is 5.10 Å². The third-order valence-corrected chi connectivity index (χ3v) is 2.98. The Bertz CT molecular complexity index is 391. The summed E-state index contributed by atoms with van der Waals surface area (Å²) in [4.78, 5) is 11.7. The van der Waals surface area contributed by atoms with Crippen LogP contribution < -0.4 is 5.32 Å². The van der Waals surface area contributed by atoms with Crippen LogP contribution in [-0.2, 0) is 4.74 Å². The molecule has 6 heteroatoms. The highest BCUT2D eigenvalue weighted by molar-refractivity contribution is 5.91. The van der Waals surface area contributed by atoms with Gasteiger partial charge < -0.3 is 15.2 Å². The molecule has 1 aromatic heterocycles. The van der Waals surface area contributed by atoms with E-state index < -0.39 is 5.60 Å². The summed E-state index contributed by atoms with van der Waals surface area (Å²) in [5, 5.41) is 20.2. The summed E-state index contributed by atoms with van der Waals surface area (Å²) >= 11 is 0. The number of aromatic nitrogens is 2. The first-order valence-electron chi connectivity index (χ1n) is 6.06. The molecule has 2 N–H and O–H groups in total. The molecule has 1 aliphatic rings. The van der Waals surface area contributed by atoms with E-state index in [1.54, 1.807) is 12.1 Å². The van der Waals surface area contributed by atoms with Gasteiger partial charge in [0.05, 0.1) is 12.2 Å². The molecule has 1 amide bonds. The largest absolute Gasteiger partial charge is 0.387 e. The summed E-state index contributed by atoms with van der Waals surface area (Å²) in [7, 11) is 0. The average molecular weight is 251 g/mol. The molecule has 1 aromatic rings. The van der Waals surface area contributed by atoms with Crippen LogP contribution in [0.4, 0.5) is 0 Å². The molecule has 0 radical (unpaired) electrons. The number of aliphatic hydroxyl groups is 1. The van der Waals surface area contributed by atoms with Crippen molar-refractivity contribution in [2.24, 2.45) is 0 Å². The van der Waals surface area contributed by atoms with Gasteiger partial charge in [-0.25, -0.2) is 0 Å². The van der Waals surface area contributed by atoms with E-state index in [1.807, 2.05) is 0 Å². The van der Waals surface area contributed by atoms with E-state index >= 15 is 0 Å². The monoisotopic (exact) mass is 251 g/mol. The summed E-state index contributed by atoms with van der Waals surface area (Å²) in [5.41, 5.74) is -0.530. The van der Waals surface area contributed by atoms with Crippen molar-refractivity contribution in [3.05, 3.63) is 24.0 Å². The quantitative estimate of drug-likeness (QED) is 0.795. The normalized spacial score (nSPS) is 23.6. The maximum Gasteiger partial charge on any atom is 0.271 e. The second-order valence-corrected chi connectivity index (χ2v) is 4.50. The standard InChI is InChI=1S/C12H17N3O3/c16-11(10-3-1-6-14-15-10)13-7-5-12(17)4-2-8-18-9-12/h1,3,6,17H,2,4-5,7-9H2,(H,13,16). The van der Waals surface area contributed by atoms with E-state index in [9.17, 15) is 9.90 Å². The van der Waals surface area contributed by atoms with Crippen LogP contribution in [0.15, 0.2) is 18.3 Å². The molecule has 1 saturated heterocycles. The SMILES string of the molecule is O=C(NCCC1(O)CCCOC1)c1cccnn1. The van der Waals surface area contributed by atoms with Gasteiger partial charge in [-0.05, 0) is 31.4 Å². The molecule has 2 rings (SSSR count). The zero-order valence-corrected chi connectivity index (χ0v) is 10.1. The summed E-state index contributed by atoms with van der Waals surface area (Å²) in [6.45, 7) is 1.44. The second kappa shape index (κ2) is 5.88. The summed E-state index contributed by atoms with van der Waals surface area (Å²) in [6.07, 6.45) is 3.57. The molecular weight excluding hydrogens is 234 g/mol. The number of carbonyl (C=O) groups excluding carboxylic acids is 1. The van der Waals surface area contributed by atoms with Gasteiger partial charge in [0.15, 0.2) is 5.69 Å². The van der Waals surface area contributed by atoms with Crippen molar-refractivity contribution < 1.29 is 14.6 Å². The number of nitrogens with one attached hydrogen (secondary N) is 1. The molecule has 0 saturated carbocycles. The molecule has 18 heavy (non-hydrogen) atoms. The molecule has 0 aliphatic carbocycles. The van der Waals surface area contributed by atoms with E-state index in [0.717, 1.165) is 6.42 Å². The minimum Gasteiger partial charge on any atom is -0.387 e. The van der Waals surface area contributed by atoms with Gasteiger partial charge in [-0.3, -0.25) is 4.79 Å². The molecule has 0 aromatic carbocycles. The second-order valence-electron chi connectivity index (χ2n) is 4.50. The third-order valence-electron chi connectivity index (χ3n) is 2.98. The number of ether oxygens (including phenoxy) is 1. The first-order valence-corrected chi connectivity index (χ1v) is 6.06. The Labute approximate surface area is 105 Å². The Morgan fingerprint density at radius 3 is 3.17 bits per heavy atom. The summed E-state index contributed by atoms with van der Waals surface area (Å²) in [6, 6.07) is 3.26. The molecule has 1 atom stereocenters. The van der Waals surface area contributed by atoms with Crippen molar-refractivity contribution >= 4 is 5.91 Å². The predicted octanol–water partition coefficient (Wildman–Crippen LogP) is 0.138. The van der Waals surface area contributed by atoms with E-state index in [1.165, 1.54) is 6.20 Å². The topological polar surface area (TPSA) is 84.3 Å². The summed E-state index contributed by atoms with van der Waals surface area (Å²) in [5.74, 6) is -0.275. The van der Waals surface area contributed by atoms with Gasteiger partial charge in [-0.15, -0.1) is 5.10 Å². The minimum atomic E-state index is -0.812. The highest BCUT2D eigenvalue weighted by Crippen LogP contribution is 2.21. The van der Waals surface area contributed by atoms with Gasteiger partial charge in [0, 0.05) is 19.3 Å². The first-order chi connectivity index (χ1) is 8.70. The van der Waals surface area contributed by atoms with Crippen LogP contribution in [0.1, 0.15) is 29.8 Å². The molecule has 1 fully saturated rings. The summed E-state index contributed by atoms with van der Waals surface area (Å²) < 4.78 is 5.24. The smallest absolute Gasteiger partial charge is 0.271 e. The van der Waals surface area contributed by atoms with Gasteiger partial charge in [0.1, 0.15) is 0 Å². The average Bonchev–Trinajstić information content (AvgIpc) is 2.40. The van der Waals surface area contributed by atoms with Crippen LogP contribution in [0.25, 0.3) is 0 Å². The zero-order valence-electron chi connectivity index (χ0n) is 10.1. The van der Waals surface area contributed by atoms with Crippen molar-refractivity contribution in [3.63, 3.8) is 0 Å².